The summed E-state index contributed by atoms with van der Waals surface area (Å²) in [6, 6.07) is 10.9. The number of carbonyl (C=O) groups excluding carboxylic acids is 2. The second-order valence-corrected chi connectivity index (χ2v) is 8.94. The van der Waals surface area contributed by atoms with Gasteiger partial charge in [-0.25, -0.2) is 9.37 Å². The Morgan fingerprint density at radius 1 is 1.11 bits per heavy atom. The number of aromatic nitrogens is 1. The molecular formula is C25H25F4N3O3. The molecule has 1 heterocycles. The molecule has 0 fully saturated rings. The Bertz CT molecular complexity index is 1260. The first-order valence-electron chi connectivity index (χ1n) is 10.7. The number of carbonyl (C=O) groups is 2. The second-order valence-electron chi connectivity index (χ2n) is 8.94. The topological polar surface area (TPSA) is 91.3 Å². The number of anilines is 1. The lowest BCUT2D eigenvalue weighted by atomic mass is 9.73. The third-order valence-electron chi connectivity index (χ3n) is 5.90. The lowest BCUT2D eigenvalue weighted by Gasteiger charge is -2.38. The fraction of sp³-hybridized carbons (Fsp3) is 0.320. The molecule has 3 N–H and O–H groups in total. The number of benzene rings is 2. The van der Waals surface area contributed by atoms with Gasteiger partial charge in [0.15, 0.2) is 5.60 Å². The number of rotatable bonds is 8. The van der Waals surface area contributed by atoms with Gasteiger partial charge < -0.3 is 15.7 Å². The van der Waals surface area contributed by atoms with Crippen molar-refractivity contribution in [2.75, 3.05) is 18.9 Å². The van der Waals surface area contributed by atoms with E-state index < -0.39 is 41.9 Å². The molecule has 0 aliphatic heterocycles. The maximum absolute atomic E-state index is 14.1. The van der Waals surface area contributed by atoms with Gasteiger partial charge in [0, 0.05) is 23.7 Å². The highest BCUT2D eigenvalue weighted by Gasteiger charge is 2.56. The van der Waals surface area contributed by atoms with E-state index in [1.165, 1.54) is 39.1 Å². The fourth-order valence-electron chi connectivity index (χ4n) is 4.11. The number of fused-ring (bicyclic) bond motifs is 1. The van der Waals surface area contributed by atoms with Gasteiger partial charge in [0.05, 0.1) is 12.1 Å². The van der Waals surface area contributed by atoms with E-state index in [0.29, 0.717) is 17.2 Å². The molecule has 1 amide bonds. The van der Waals surface area contributed by atoms with Crippen molar-refractivity contribution in [3.8, 4) is 0 Å². The summed E-state index contributed by atoms with van der Waals surface area (Å²) in [6.45, 7) is 1.91. The van der Waals surface area contributed by atoms with Crippen molar-refractivity contribution in [2.45, 2.75) is 37.5 Å². The Balaban J connectivity index is 1.94. The molecule has 0 saturated heterocycles. The molecule has 3 rings (SSSR count). The summed E-state index contributed by atoms with van der Waals surface area (Å²) in [4.78, 5) is 27.5. The van der Waals surface area contributed by atoms with E-state index >= 15 is 0 Å². The maximum atomic E-state index is 14.1. The van der Waals surface area contributed by atoms with E-state index in [1.54, 1.807) is 18.2 Å². The molecule has 0 aliphatic carbocycles. The fourth-order valence-corrected chi connectivity index (χ4v) is 4.11. The highest BCUT2D eigenvalue weighted by molar-refractivity contribution is 5.97. The quantitative estimate of drug-likeness (QED) is 0.316. The molecule has 0 bridgehead atoms. The van der Waals surface area contributed by atoms with Crippen LogP contribution in [-0.4, -0.2) is 47.7 Å². The van der Waals surface area contributed by atoms with Crippen LogP contribution in [0.2, 0.25) is 0 Å². The van der Waals surface area contributed by atoms with Gasteiger partial charge in [0.25, 0.3) is 5.91 Å². The number of pyridine rings is 1. The van der Waals surface area contributed by atoms with E-state index in [4.69, 9.17) is 0 Å². The molecule has 0 saturated carbocycles. The van der Waals surface area contributed by atoms with Gasteiger partial charge in [0.1, 0.15) is 17.8 Å². The second kappa shape index (κ2) is 9.61. The summed E-state index contributed by atoms with van der Waals surface area (Å²) in [6.07, 6.45) is -5.44. The highest BCUT2D eigenvalue weighted by atomic mass is 19.4. The van der Waals surface area contributed by atoms with E-state index in [9.17, 15) is 32.3 Å². The highest BCUT2D eigenvalue weighted by Crippen LogP contribution is 2.42. The summed E-state index contributed by atoms with van der Waals surface area (Å²) in [5, 5.41) is 16.4. The van der Waals surface area contributed by atoms with Crippen LogP contribution in [0.15, 0.2) is 48.5 Å². The zero-order chi connectivity index (χ0) is 26.0. The number of alkyl halides is 3. The zero-order valence-corrected chi connectivity index (χ0v) is 19.3. The Morgan fingerprint density at radius 2 is 1.83 bits per heavy atom. The van der Waals surface area contributed by atoms with E-state index in [2.05, 4.69) is 15.6 Å². The van der Waals surface area contributed by atoms with Crippen LogP contribution in [-0.2, 0) is 5.41 Å². The predicted octanol–water partition coefficient (Wildman–Crippen LogP) is 4.62. The average Bonchev–Trinajstić information content (AvgIpc) is 2.80. The molecule has 1 unspecified atom stereocenters. The van der Waals surface area contributed by atoms with Crippen molar-refractivity contribution >= 4 is 28.8 Å². The molecule has 0 aliphatic rings. The summed E-state index contributed by atoms with van der Waals surface area (Å²) in [5.74, 6) is -1.11. The largest absolute Gasteiger partial charge is 0.418 e. The third-order valence-corrected chi connectivity index (χ3v) is 5.90. The van der Waals surface area contributed by atoms with Crippen molar-refractivity contribution in [3.05, 3.63) is 71.2 Å². The molecule has 6 nitrogen and oxygen atoms in total. The van der Waals surface area contributed by atoms with Crippen LogP contribution in [0.5, 0.6) is 0 Å². The van der Waals surface area contributed by atoms with Crippen LogP contribution in [0.3, 0.4) is 0 Å². The Labute approximate surface area is 199 Å². The van der Waals surface area contributed by atoms with Gasteiger partial charge >= 0.3 is 6.18 Å². The number of aliphatic hydroxyl groups is 1. The molecule has 1 aromatic heterocycles. The Kier molecular flexibility index (Phi) is 7.16. The van der Waals surface area contributed by atoms with E-state index in [1.807, 2.05) is 0 Å². The van der Waals surface area contributed by atoms with Crippen LogP contribution in [0, 0.1) is 5.82 Å². The third kappa shape index (κ3) is 5.43. The number of nitrogens with zero attached hydrogens (tertiary/aromatic N) is 1. The molecule has 0 radical (unpaired) electrons. The number of amides is 1. The Hall–Kier alpha value is -3.53. The SMILES string of the molecule is CNC(=O)c1ccc2c(NCC(O)(CC(C)(C)c3cc(F)ccc3C=O)C(F)(F)F)cccc2n1. The van der Waals surface area contributed by atoms with Gasteiger partial charge in [-0.3, -0.25) is 9.59 Å². The van der Waals surface area contributed by atoms with Gasteiger partial charge in [0.2, 0.25) is 0 Å². The minimum atomic E-state index is -5.04. The first-order valence-corrected chi connectivity index (χ1v) is 10.7. The molecule has 186 valence electrons. The monoisotopic (exact) mass is 491 g/mol. The van der Waals surface area contributed by atoms with Crippen LogP contribution in [0.4, 0.5) is 23.2 Å². The zero-order valence-electron chi connectivity index (χ0n) is 19.3. The first-order chi connectivity index (χ1) is 16.3. The van der Waals surface area contributed by atoms with Crippen LogP contribution in [0.25, 0.3) is 10.9 Å². The lowest BCUT2D eigenvalue weighted by Crippen LogP contribution is -2.53. The van der Waals surface area contributed by atoms with Gasteiger partial charge in [-0.2, -0.15) is 13.2 Å². The van der Waals surface area contributed by atoms with Gasteiger partial charge in [-0.05, 0) is 59.9 Å². The summed E-state index contributed by atoms with van der Waals surface area (Å²) >= 11 is 0. The minimum Gasteiger partial charge on any atom is -0.381 e. The summed E-state index contributed by atoms with van der Waals surface area (Å²) in [7, 11) is 1.45. The van der Waals surface area contributed by atoms with Crippen LogP contribution in [0.1, 0.15) is 46.7 Å². The predicted molar refractivity (Wildman–Crippen MR) is 124 cm³/mol. The van der Waals surface area contributed by atoms with Gasteiger partial charge in [-0.1, -0.05) is 19.9 Å². The number of hydrogen-bond acceptors (Lipinski definition) is 5. The van der Waals surface area contributed by atoms with E-state index in [0.717, 1.165) is 12.1 Å². The van der Waals surface area contributed by atoms with Crippen LogP contribution >= 0.6 is 0 Å². The standard InChI is InChI=1S/C25H25F4N3O3/c1-23(2,18-11-16(26)8-7-15(18)12-33)13-24(35,25(27,28)29)14-31-19-5-4-6-20-17(19)9-10-21(32-20)22(34)30-3/h4-12,31,35H,13-14H2,1-3H3,(H,30,34). The van der Waals surface area contributed by atoms with Gasteiger partial charge in [-0.15, -0.1) is 0 Å². The average molecular weight is 491 g/mol. The number of halogens is 4. The maximum Gasteiger partial charge on any atom is 0.418 e. The van der Waals surface area contributed by atoms with Crippen molar-refractivity contribution in [2.24, 2.45) is 0 Å². The minimum absolute atomic E-state index is 0.0425. The number of hydrogen-bond donors (Lipinski definition) is 3. The van der Waals surface area contributed by atoms with Crippen molar-refractivity contribution in [1.82, 2.24) is 10.3 Å². The van der Waals surface area contributed by atoms with Crippen molar-refractivity contribution in [1.29, 1.82) is 0 Å². The smallest absolute Gasteiger partial charge is 0.381 e. The molecule has 0 spiro atoms. The van der Waals surface area contributed by atoms with E-state index in [-0.39, 0.29) is 22.5 Å². The molecule has 10 heteroatoms. The summed E-state index contributed by atoms with van der Waals surface area (Å²) in [5.41, 5.74) is -3.73. The number of aldehydes is 1. The Morgan fingerprint density at radius 3 is 2.46 bits per heavy atom. The number of nitrogens with one attached hydrogen (secondary N) is 2. The molecule has 2 aromatic carbocycles. The first kappa shape index (κ1) is 26.1. The molecule has 1 atom stereocenters. The molecular weight excluding hydrogens is 466 g/mol. The van der Waals surface area contributed by atoms with Crippen LogP contribution < -0.4 is 10.6 Å². The van der Waals surface area contributed by atoms with Crippen molar-refractivity contribution < 1.29 is 32.3 Å². The van der Waals surface area contributed by atoms with Crippen molar-refractivity contribution in [3.63, 3.8) is 0 Å². The lowest BCUT2D eigenvalue weighted by molar-refractivity contribution is -0.260. The normalized spacial score (nSPS) is 13.8. The molecule has 3 aromatic rings. The summed E-state index contributed by atoms with van der Waals surface area (Å²) < 4.78 is 56.2. The molecule has 35 heavy (non-hydrogen) atoms.